The SMILES string of the molecule is Cc1cccc(C(=O)Nc2cc(C(=O)O)ccc2Br)c1C. The van der Waals surface area contributed by atoms with E-state index in [0.29, 0.717) is 15.7 Å². The van der Waals surface area contributed by atoms with E-state index in [-0.39, 0.29) is 11.5 Å². The highest BCUT2D eigenvalue weighted by atomic mass is 79.9. The molecule has 4 nitrogen and oxygen atoms in total. The lowest BCUT2D eigenvalue weighted by Crippen LogP contribution is -2.14. The van der Waals surface area contributed by atoms with E-state index >= 15 is 0 Å². The van der Waals surface area contributed by atoms with Gasteiger partial charge in [-0.1, -0.05) is 12.1 Å². The Hall–Kier alpha value is -2.14. The average Bonchev–Trinajstić information content (AvgIpc) is 2.43. The molecule has 1 amide bonds. The van der Waals surface area contributed by atoms with Crippen molar-refractivity contribution < 1.29 is 14.7 Å². The lowest BCUT2D eigenvalue weighted by atomic mass is 10.0. The zero-order chi connectivity index (χ0) is 15.6. The third-order valence-electron chi connectivity index (χ3n) is 3.31. The van der Waals surface area contributed by atoms with Gasteiger partial charge in [0.05, 0.1) is 11.3 Å². The summed E-state index contributed by atoms with van der Waals surface area (Å²) in [6.07, 6.45) is 0. The minimum Gasteiger partial charge on any atom is -0.478 e. The van der Waals surface area contributed by atoms with Crippen LogP contribution in [0.15, 0.2) is 40.9 Å². The van der Waals surface area contributed by atoms with E-state index in [1.807, 2.05) is 26.0 Å². The van der Waals surface area contributed by atoms with Crippen molar-refractivity contribution in [3.05, 3.63) is 63.1 Å². The molecule has 0 radical (unpaired) electrons. The third-order valence-corrected chi connectivity index (χ3v) is 4.00. The Labute approximate surface area is 130 Å². The van der Waals surface area contributed by atoms with Crippen molar-refractivity contribution in [1.29, 1.82) is 0 Å². The second kappa shape index (κ2) is 6.10. The molecule has 21 heavy (non-hydrogen) atoms. The van der Waals surface area contributed by atoms with Gasteiger partial charge in [-0.2, -0.15) is 0 Å². The summed E-state index contributed by atoms with van der Waals surface area (Å²) in [5, 5.41) is 11.7. The van der Waals surface area contributed by atoms with Gasteiger partial charge in [-0.3, -0.25) is 4.79 Å². The van der Waals surface area contributed by atoms with Gasteiger partial charge in [0.25, 0.3) is 5.91 Å². The van der Waals surface area contributed by atoms with E-state index in [2.05, 4.69) is 21.2 Å². The Morgan fingerprint density at radius 1 is 1.14 bits per heavy atom. The summed E-state index contributed by atoms with van der Waals surface area (Å²) in [7, 11) is 0. The summed E-state index contributed by atoms with van der Waals surface area (Å²) in [5.41, 5.74) is 3.06. The van der Waals surface area contributed by atoms with Crippen LogP contribution in [0.2, 0.25) is 0 Å². The fourth-order valence-corrected chi connectivity index (χ4v) is 2.29. The van der Waals surface area contributed by atoms with Gasteiger partial charge < -0.3 is 10.4 Å². The second-order valence-electron chi connectivity index (χ2n) is 4.70. The van der Waals surface area contributed by atoms with E-state index in [0.717, 1.165) is 11.1 Å². The molecule has 2 aromatic rings. The number of aryl methyl sites for hydroxylation is 1. The molecule has 0 spiro atoms. The van der Waals surface area contributed by atoms with E-state index in [9.17, 15) is 9.59 Å². The average molecular weight is 348 g/mol. The standard InChI is InChI=1S/C16H14BrNO3/c1-9-4-3-5-12(10(9)2)15(19)18-14-8-11(16(20)21)6-7-13(14)17/h3-8H,1-2H3,(H,18,19)(H,20,21). The molecule has 0 atom stereocenters. The van der Waals surface area contributed by atoms with Crippen LogP contribution < -0.4 is 5.32 Å². The molecule has 0 saturated carbocycles. The van der Waals surface area contributed by atoms with Gasteiger partial charge in [-0.05, 0) is 65.2 Å². The molecule has 2 N–H and O–H groups in total. The van der Waals surface area contributed by atoms with E-state index in [1.165, 1.54) is 12.1 Å². The van der Waals surface area contributed by atoms with Crippen LogP contribution in [0.3, 0.4) is 0 Å². The predicted octanol–water partition coefficient (Wildman–Crippen LogP) is 4.02. The van der Waals surface area contributed by atoms with Gasteiger partial charge >= 0.3 is 5.97 Å². The Balaban J connectivity index is 2.33. The van der Waals surface area contributed by atoms with Crippen LogP contribution in [-0.4, -0.2) is 17.0 Å². The molecule has 0 unspecified atom stereocenters. The summed E-state index contributed by atoms with van der Waals surface area (Å²) >= 11 is 3.31. The Morgan fingerprint density at radius 2 is 1.86 bits per heavy atom. The van der Waals surface area contributed by atoms with Gasteiger partial charge in [0.1, 0.15) is 0 Å². The zero-order valence-electron chi connectivity index (χ0n) is 11.6. The van der Waals surface area contributed by atoms with Crippen LogP contribution in [0.25, 0.3) is 0 Å². The number of hydrogen-bond acceptors (Lipinski definition) is 2. The van der Waals surface area contributed by atoms with Crippen molar-refractivity contribution in [2.24, 2.45) is 0 Å². The van der Waals surface area contributed by atoms with Crippen molar-refractivity contribution in [3.63, 3.8) is 0 Å². The first-order valence-electron chi connectivity index (χ1n) is 6.30. The molecule has 0 heterocycles. The summed E-state index contributed by atoms with van der Waals surface area (Å²) < 4.78 is 0.631. The molecule has 0 saturated heterocycles. The van der Waals surface area contributed by atoms with Crippen LogP contribution in [0.4, 0.5) is 5.69 Å². The lowest BCUT2D eigenvalue weighted by Gasteiger charge is -2.11. The quantitative estimate of drug-likeness (QED) is 0.881. The molecule has 0 aromatic heterocycles. The first kappa shape index (κ1) is 15.3. The van der Waals surface area contributed by atoms with Crippen molar-refractivity contribution in [2.75, 3.05) is 5.32 Å². The highest BCUT2D eigenvalue weighted by Crippen LogP contribution is 2.25. The lowest BCUT2D eigenvalue weighted by molar-refractivity contribution is 0.0696. The summed E-state index contributed by atoms with van der Waals surface area (Å²) in [6.45, 7) is 3.82. The summed E-state index contributed by atoms with van der Waals surface area (Å²) in [4.78, 5) is 23.3. The predicted molar refractivity (Wildman–Crippen MR) is 85.0 cm³/mol. The largest absolute Gasteiger partial charge is 0.478 e. The van der Waals surface area contributed by atoms with Crippen LogP contribution in [-0.2, 0) is 0 Å². The molecule has 0 fully saturated rings. The molecule has 2 aromatic carbocycles. The topological polar surface area (TPSA) is 66.4 Å². The number of nitrogens with one attached hydrogen (secondary N) is 1. The molecular weight excluding hydrogens is 334 g/mol. The molecule has 2 rings (SSSR count). The number of carboxylic acid groups (broad SMARTS) is 1. The van der Waals surface area contributed by atoms with Crippen LogP contribution >= 0.6 is 15.9 Å². The number of carbonyl (C=O) groups is 2. The number of halogens is 1. The number of benzene rings is 2. The van der Waals surface area contributed by atoms with Gasteiger partial charge in [-0.15, -0.1) is 0 Å². The number of aromatic carboxylic acids is 1. The maximum Gasteiger partial charge on any atom is 0.335 e. The number of hydrogen-bond donors (Lipinski definition) is 2. The smallest absolute Gasteiger partial charge is 0.335 e. The maximum atomic E-state index is 12.3. The van der Waals surface area contributed by atoms with Crippen LogP contribution in [0.1, 0.15) is 31.8 Å². The minimum atomic E-state index is -1.04. The monoisotopic (exact) mass is 347 g/mol. The first-order valence-corrected chi connectivity index (χ1v) is 7.10. The molecule has 0 aliphatic rings. The second-order valence-corrected chi connectivity index (χ2v) is 5.56. The number of amides is 1. The fraction of sp³-hybridized carbons (Fsp3) is 0.125. The summed E-state index contributed by atoms with van der Waals surface area (Å²) in [5.74, 6) is -1.30. The fourth-order valence-electron chi connectivity index (χ4n) is 1.94. The molecule has 0 aliphatic carbocycles. The van der Waals surface area contributed by atoms with Crippen LogP contribution in [0.5, 0.6) is 0 Å². The number of anilines is 1. The number of rotatable bonds is 3. The Morgan fingerprint density at radius 3 is 2.52 bits per heavy atom. The number of carbonyl (C=O) groups excluding carboxylic acids is 1. The zero-order valence-corrected chi connectivity index (χ0v) is 13.2. The van der Waals surface area contributed by atoms with Gasteiger partial charge in [0, 0.05) is 10.0 Å². The van der Waals surface area contributed by atoms with Gasteiger partial charge in [-0.25, -0.2) is 4.79 Å². The summed E-state index contributed by atoms with van der Waals surface area (Å²) in [6, 6.07) is 10.00. The Bertz CT molecular complexity index is 725. The molecular formula is C16H14BrNO3. The minimum absolute atomic E-state index is 0.120. The maximum absolute atomic E-state index is 12.3. The molecule has 108 valence electrons. The highest BCUT2D eigenvalue weighted by molar-refractivity contribution is 9.10. The van der Waals surface area contributed by atoms with Crippen LogP contribution in [0, 0.1) is 13.8 Å². The molecule has 5 heteroatoms. The molecule has 0 aliphatic heterocycles. The first-order chi connectivity index (χ1) is 9.90. The van der Waals surface area contributed by atoms with Gasteiger partial charge in [0.15, 0.2) is 0 Å². The van der Waals surface area contributed by atoms with Crippen molar-refractivity contribution in [2.45, 2.75) is 13.8 Å². The highest BCUT2D eigenvalue weighted by Gasteiger charge is 2.13. The van der Waals surface area contributed by atoms with E-state index < -0.39 is 5.97 Å². The Kier molecular flexibility index (Phi) is 4.43. The van der Waals surface area contributed by atoms with E-state index in [4.69, 9.17) is 5.11 Å². The van der Waals surface area contributed by atoms with Crippen molar-refractivity contribution >= 4 is 33.5 Å². The van der Waals surface area contributed by atoms with Crippen molar-refractivity contribution in [1.82, 2.24) is 0 Å². The van der Waals surface area contributed by atoms with E-state index in [1.54, 1.807) is 12.1 Å². The molecule has 0 bridgehead atoms. The van der Waals surface area contributed by atoms with Gasteiger partial charge in [0.2, 0.25) is 0 Å². The third kappa shape index (κ3) is 3.31. The van der Waals surface area contributed by atoms with Crippen molar-refractivity contribution in [3.8, 4) is 0 Å². The number of carboxylic acids is 1. The normalized spacial score (nSPS) is 10.2.